The molecule has 0 aromatic carbocycles. The second-order valence-electron chi connectivity index (χ2n) is 1.98. The smallest absolute Gasteiger partial charge is 0.0905 e. The highest BCUT2D eigenvalue weighted by atomic mass is 35.5. The minimum Gasteiger partial charge on any atom is -0.394 e. The average molecular weight is 221 g/mol. The minimum atomic E-state index is -0.744. The normalized spacial score (nSPS) is 14.5. The molecular formula is C6H14Cl2O4. The van der Waals surface area contributed by atoms with Gasteiger partial charge in [-0.2, -0.15) is 0 Å². The van der Waals surface area contributed by atoms with Crippen molar-refractivity contribution in [1.29, 1.82) is 0 Å². The molecule has 0 saturated carbocycles. The topological polar surface area (TPSA) is 80.9 Å². The van der Waals surface area contributed by atoms with Crippen molar-refractivity contribution in [2.24, 2.45) is 0 Å². The van der Waals surface area contributed by atoms with Crippen LogP contribution >= 0.6 is 23.2 Å². The lowest BCUT2D eigenvalue weighted by molar-refractivity contribution is 0.112. The predicted molar refractivity (Wildman–Crippen MR) is 47.6 cm³/mol. The fraction of sp³-hybridized carbons (Fsp3) is 1.00. The first kappa shape index (κ1) is 14.9. The Morgan fingerprint density at radius 1 is 0.833 bits per heavy atom. The summed E-state index contributed by atoms with van der Waals surface area (Å²) in [5.74, 6) is 0.215. The van der Waals surface area contributed by atoms with E-state index < -0.39 is 12.2 Å². The molecular weight excluding hydrogens is 207 g/mol. The van der Waals surface area contributed by atoms with E-state index in [9.17, 15) is 0 Å². The highest BCUT2D eigenvalue weighted by Gasteiger charge is 1.94. The number of aliphatic hydroxyl groups excluding tert-OH is 4. The van der Waals surface area contributed by atoms with Crippen LogP contribution in [0.4, 0.5) is 0 Å². The number of hydrogen-bond acceptors (Lipinski definition) is 4. The first-order chi connectivity index (χ1) is 5.62. The molecule has 76 valence electrons. The lowest BCUT2D eigenvalue weighted by atomic mass is 10.5. The first-order valence-electron chi connectivity index (χ1n) is 3.32. The minimum absolute atomic E-state index is 0.108. The zero-order valence-corrected chi connectivity index (χ0v) is 8.04. The Morgan fingerprint density at radius 3 is 1.08 bits per heavy atom. The maximum absolute atomic E-state index is 8.28. The van der Waals surface area contributed by atoms with E-state index in [1.807, 2.05) is 0 Å². The van der Waals surface area contributed by atoms with Crippen molar-refractivity contribution in [2.45, 2.75) is 12.2 Å². The van der Waals surface area contributed by atoms with Crippen LogP contribution in [0.25, 0.3) is 0 Å². The van der Waals surface area contributed by atoms with Gasteiger partial charge in [-0.1, -0.05) is 0 Å². The fourth-order valence-corrected chi connectivity index (χ4v) is 0.293. The second kappa shape index (κ2) is 11.4. The van der Waals surface area contributed by atoms with Gasteiger partial charge >= 0.3 is 0 Å². The maximum Gasteiger partial charge on any atom is 0.0905 e. The van der Waals surface area contributed by atoms with Crippen LogP contribution in [0, 0.1) is 0 Å². The molecule has 4 N–H and O–H groups in total. The van der Waals surface area contributed by atoms with Gasteiger partial charge < -0.3 is 20.4 Å². The van der Waals surface area contributed by atoms with Crippen LogP contribution in [0.2, 0.25) is 0 Å². The van der Waals surface area contributed by atoms with E-state index in [0.717, 1.165) is 0 Å². The summed E-state index contributed by atoms with van der Waals surface area (Å²) in [4.78, 5) is 0. The van der Waals surface area contributed by atoms with Gasteiger partial charge in [0.05, 0.1) is 37.2 Å². The van der Waals surface area contributed by atoms with Gasteiger partial charge in [0.1, 0.15) is 0 Å². The van der Waals surface area contributed by atoms with Crippen LogP contribution in [-0.4, -0.2) is 57.6 Å². The molecule has 0 aromatic heterocycles. The van der Waals surface area contributed by atoms with Crippen LogP contribution in [0.15, 0.2) is 0 Å². The van der Waals surface area contributed by atoms with E-state index in [1.165, 1.54) is 0 Å². The molecule has 2 unspecified atom stereocenters. The molecule has 0 saturated heterocycles. The molecule has 0 amide bonds. The largest absolute Gasteiger partial charge is 0.394 e. The lowest BCUT2D eigenvalue weighted by Crippen LogP contribution is -2.12. The second-order valence-corrected chi connectivity index (χ2v) is 2.60. The molecule has 12 heavy (non-hydrogen) atoms. The van der Waals surface area contributed by atoms with Crippen molar-refractivity contribution in [3.05, 3.63) is 0 Å². The summed E-state index contributed by atoms with van der Waals surface area (Å²) in [6, 6.07) is 0. The Hall–Kier alpha value is 0.420. The monoisotopic (exact) mass is 220 g/mol. The van der Waals surface area contributed by atoms with E-state index in [4.69, 9.17) is 43.6 Å². The van der Waals surface area contributed by atoms with Crippen molar-refractivity contribution in [3.8, 4) is 0 Å². The average Bonchev–Trinajstić information content (AvgIpc) is 2.16. The third-order valence-corrected chi connectivity index (χ3v) is 1.49. The van der Waals surface area contributed by atoms with Crippen LogP contribution in [0.3, 0.4) is 0 Å². The highest BCUT2D eigenvalue weighted by molar-refractivity contribution is 6.18. The quantitative estimate of drug-likeness (QED) is 0.466. The zero-order chi connectivity index (χ0) is 9.98. The summed E-state index contributed by atoms with van der Waals surface area (Å²) in [5, 5.41) is 32.6. The maximum atomic E-state index is 8.28. The SMILES string of the molecule is OCC(O)CCl.OCC(O)CCl. The summed E-state index contributed by atoms with van der Waals surface area (Å²) in [6.45, 7) is -0.493. The molecule has 2 atom stereocenters. The third-order valence-electron chi connectivity index (χ3n) is 0.778. The summed E-state index contributed by atoms with van der Waals surface area (Å²) in [6.07, 6.45) is -1.49. The van der Waals surface area contributed by atoms with E-state index >= 15 is 0 Å². The molecule has 0 bridgehead atoms. The third kappa shape index (κ3) is 13.0. The molecule has 0 aromatic rings. The number of alkyl halides is 2. The Labute approximate surface area is 81.4 Å². The van der Waals surface area contributed by atoms with Gasteiger partial charge in [0, 0.05) is 0 Å². The van der Waals surface area contributed by atoms with Gasteiger partial charge in [0.25, 0.3) is 0 Å². The van der Waals surface area contributed by atoms with Crippen LogP contribution in [0.5, 0.6) is 0 Å². The molecule has 4 nitrogen and oxygen atoms in total. The zero-order valence-electron chi connectivity index (χ0n) is 6.53. The van der Waals surface area contributed by atoms with E-state index in [-0.39, 0.29) is 25.0 Å². The molecule has 0 spiro atoms. The van der Waals surface area contributed by atoms with Crippen molar-refractivity contribution < 1.29 is 20.4 Å². The predicted octanol–water partition coefficient (Wildman–Crippen LogP) is -0.843. The Bertz CT molecular complexity index is 65.9. The number of hydrogen-bond donors (Lipinski definition) is 4. The van der Waals surface area contributed by atoms with E-state index in [2.05, 4.69) is 0 Å². The summed E-state index contributed by atoms with van der Waals surface area (Å²) in [5.41, 5.74) is 0. The standard InChI is InChI=1S/2C3H7ClO2/c2*4-1-3(6)2-5/h2*3,5-6H,1-2H2. The number of aliphatic hydroxyl groups is 4. The van der Waals surface area contributed by atoms with Crippen LogP contribution < -0.4 is 0 Å². The van der Waals surface area contributed by atoms with Crippen molar-refractivity contribution in [3.63, 3.8) is 0 Å². The molecule has 0 rings (SSSR count). The Kier molecular flexibility index (Phi) is 14.2. The Morgan fingerprint density at radius 2 is 1.08 bits per heavy atom. The molecule has 0 fully saturated rings. The number of halogens is 2. The van der Waals surface area contributed by atoms with E-state index in [0.29, 0.717) is 0 Å². The van der Waals surface area contributed by atoms with Crippen molar-refractivity contribution >= 4 is 23.2 Å². The van der Waals surface area contributed by atoms with E-state index in [1.54, 1.807) is 0 Å². The highest BCUT2D eigenvalue weighted by Crippen LogP contribution is 1.82. The van der Waals surface area contributed by atoms with Gasteiger partial charge in [-0.3, -0.25) is 0 Å². The fourth-order valence-electron chi connectivity index (χ4n) is 0.0976. The van der Waals surface area contributed by atoms with Crippen molar-refractivity contribution in [1.82, 2.24) is 0 Å². The van der Waals surface area contributed by atoms with Gasteiger partial charge in [0.2, 0.25) is 0 Å². The van der Waals surface area contributed by atoms with Gasteiger partial charge in [-0.15, -0.1) is 23.2 Å². The summed E-state index contributed by atoms with van der Waals surface area (Å²) >= 11 is 10.1. The molecule has 0 heterocycles. The van der Waals surface area contributed by atoms with Crippen LogP contribution in [0.1, 0.15) is 0 Å². The number of rotatable bonds is 4. The lowest BCUT2D eigenvalue weighted by Gasteiger charge is -1.95. The Balaban J connectivity index is 0. The molecule has 6 heteroatoms. The molecule has 0 aliphatic rings. The van der Waals surface area contributed by atoms with Crippen molar-refractivity contribution in [2.75, 3.05) is 25.0 Å². The molecule has 0 radical (unpaired) electrons. The molecule has 0 aliphatic carbocycles. The summed E-state index contributed by atoms with van der Waals surface area (Å²) < 4.78 is 0. The van der Waals surface area contributed by atoms with Gasteiger partial charge in [-0.05, 0) is 0 Å². The van der Waals surface area contributed by atoms with Crippen LogP contribution in [-0.2, 0) is 0 Å². The molecule has 0 aliphatic heterocycles. The van der Waals surface area contributed by atoms with Gasteiger partial charge in [-0.25, -0.2) is 0 Å². The summed E-state index contributed by atoms with van der Waals surface area (Å²) in [7, 11) is 0. The first-order valence-corrected chi connectivity index (χ1v) is 4.39. The van der Waals surface area contributed by atoms with Gasteiger partial charge in [0.15, 0.2) is 0 Å².